The lowest BCUT2D eigenvalue weighted by Gasteiger charge is -2.30. The molecule has 0 aromatic rings. The molecule has 0 amide bonds. The molecule has 0 spiro atoms. The highest BCUT2D eigenvalue weighted by molar-refractivity contribution is 14.1. The summed E-state index contributed by atoms with van der Waals surface area (Å²) in [7, 11) is 0. The first-order chi connectivity index (χ1) is 5.77. The number of rotatable bonds is 3. The Labute approximate surface area is 89.1 Å². The lowest BCUT2D eigenvalue weighted by atomic mass is 9.77. The Bertz CT molecular complexity index is 119. The molecule has 1 saturated carbocycles. The molecule has 0 heterocycles. The quantitative estimate of drug-likeness (QED) is 0.623. The maximum Gasteiger partial charge on any atom is 0.0459 e. The fourth-order valence-electron chi connectivity index (χ4n) is 2.07. The van der Waals surface area contributed by atoms with E-state index < -0.39 is 0 Å². The van der Waals surface area contributed by atoms with Crippen LogP contribution >= 0.6 is 22.6 Å². The molecule has 0 bridgehead atoms. The van der Waals surface area contributed by atoms with Gasteiger partial charge < -0.3 is 5.11 Å². The Kier molecular flexibility index (Phi) is 4.87. The summed E-state index contributed by atoms with van der Waals surface area (Å²) < 4.78 is 1.28. The van der Waals surface area contributed by atoms with Gasteiger partial charge in [0.05, 0.1) is 0 Å². The van der Waals surface area contributed by atoms with Crippen molar-refractivity contribution in [2.75, 3.05) is 11.0 Å². The van der Waals surface area contributed by atoms with Gasteiger partial charge in [0.25, 0.3) is 0 Å². The normalized spacial score (nSPS) is 33.2. The average molecular weight is 282 g/mol. The minimum Gasteiger partial charge on any atom is -0.396 e. The highest BCUT2D eigenvalue weighted by atomic mass is 127. The maximum atomic E-state index is 8.97. The summed E-state index contributed by atoms with van der Waals surface area (Å²) in [6.07, 6.45) is 5.19. The third-order valence-corrected chi connectivity index (χ3v) is 4.59. The van der Waals surface area contributed by atoms with E-state index in [0.29, 0.717) is 12.5 Å². The van der Waals surface area contributed by atoms with E-state index in [9.17, 15) is 0 Å². The molecule has 72 valence electrons. The molecule has 1 N–H and O–H groups in total. The van der Waals surface area contributed by atoms with Crippen molar-refractivity contribution in [3.05, 3.63) is 0 Å². The van der Waals surface area contributed by atoms with E-state index >= 15 is 0 Å². The number of alkyl halides is 1. The molecular formula is C10H19IO. The highest BCUT2D eigenvalue weighted by Crippen LogP contribution is 2.33. The molecular weight excluding hydrogens is 263 g/mol. The van der Waals surface area contributed by atoms with Crippen molar-refractivity contribution in [2.45, 2.75) is 32.6 Å². The van der Waals surface area contributed by atoms with Crippen LogP contribution in [-0.4, -0.2) is 16.1 Å². The van der Waals surface area contributed by atoms with E-state index in [4.69, 9.17) is 5.11 Å². The summed E-state index contributed by atoms with van der Waals surface area (Å²) in [6, 6.07) is 0. The lowest BCUT2D eigenvalue weighted by molar-refractivity contribution is 0.152. The van der Waals surface area contributed by atoms with E-state index in [1.54, 1.807) is 0 Å². The van der Waals surface area contributed by atoms with Gasteiger partial charge >= 0.3 is 0 Å². The Hall–Kier alpha value is 0.690. The van der Waals surface area contributed by atoms with Crippen LogP contribution in [-0.2, 0) is 0 Å². The van der Waals surface area contributed by atoms with E-state index in [1.807, 2.05) is 0 Å². The summed E-state index contributed by atoms with van der Waals surface area (Å²) in [6.45, 7) is 2.77. The first kappa shape index (κ1) is 10.8. The van der Waals surface area contributed by atoms with Crippen LogP contribution in [0.4, 0.5) is 0 Å². The van der Waals surface area contributed by atoms with Crippen LogP contribution in [0.5, 0.6) is 0 Å². The molecule has 1 aliphatic rings. The van der Waals surface area contributed by atoms with Crippen molar-refractivity contribution in [3.63, 3.8) is 0 Å². The van der Waals surface area contributed by atoms with Crippen LogP contribution in [0.3, 0.4) is 0 Å². The molecule has 0 radical (unpaired) electrons. The van der Waals surface area contributed by atoms with E-state index in [2.05, 4.69) is 29.5 Å². The van der Waals surface area contributed by atoms with Crippen molar-refractivity contribution < 1.29 is 5.11 Å². The molecule has 1 unspecified atom stereocenters. The van der Waals surface area contributed by atoms with E-state index in [1.165, 1.54) is 30.1 Å². The minimum absolute atomic E-state index is 0.408. The van der Waals surface area contributed by atoms with E-state index in [0.717, 1.165) is 11.8 Å². The van der Waals surface area contributed by atoms with Gasteiger partial charge in [-0.05, 0) is 43.4 Å². The zero-order chi connectivity index (χ0) is 8.97. The topological polar surface area (TPSA) is 20.2 Å². The second-order valence-electron chi connectivity index (χ2n) is 4.09. The zero-order valence-corrected chi connectivity index (χ0v) is 9.96. The Morgan fingerprint density at radius 3 is 2.33 bits per heavy atom. The van der Waals surface area contributed by atoms with Gasteiger partial charge in [0, 0.05) is 11.0 Å². The third kappa shape index (κ3) is 2.87. The average Bonchev–Trinajstić information content (AvgIpc) is 2.17. The molecule has 2 heteroatoms. The van der Waals surface area contributed by atoms with Crippen molar-refractivity contribution in [1.82, 2.24) is 0 Å². The van der Waals surface area contributed by atoms with Gasteiger partial charge in [0.1, 0.15) is 0 Å². The predicted octanol–water partition coefficient (Wildman–Crippen LogP) is 2.86. The first-order valence-corrected chi connectivity index (χ1v) is 6.47. The summed E-state index contributed by atoms with van der Waals surface area (Å²) in [5, 5.41) is 8.97. The van der Waals surface area contributed by atoms with Gasteiger partial charge in [-0.3, -0.25) is 0 Å². The van der Waals surface area contributed by atoms with Gasteiger partial charge in [0.15, 0.2) is 0 Å². The summed E-state index contributed by atoms with van der Waals surface area (Å²) in [4.78, 5) is 0. The number of hydrogen-bond donors (Lipinski definition) is 1. The molecule has 12 heavy (non-hydrogen) atoms. The van der Waals surface area contributed by atoms with Gasteiger partial charge in [-0.1, -0.05) is 29.5 Å². The molecule has 1 fully saturated rings. The van der Waals surface area contributed by atoms with Crippen molar-refractivity contribution in [3.8, 4) is 0 Å². The molecule has 0 aliphatic heterocycles. The number of hydrogen-bond acceptors (Lipinski definition) is 1. The van der Waals surface area contributed by atoms with Crippen molar-refractivity contribution in [2.24, 2.45) is 17.8 Å². The summed E-state index contributed by atoms with van der Waals surface area (Å²) in [5.41, 5.74) is 0. The molecule has 0 aromatic heterocycles. The number of aliphatic hydroxyl groups is 1. The van der Waals surface area contributed by atoms with Crippen LogP contribution in [0, 0.1) is 17.8 Å². The smallest absolute Gasteiger partial charge is 0.0459 e. The van der Waals surface area contributed by atoms with Crippen LogP contribution in [0.2, 0.25) is 0 Å². The second-order valence-corrected chi connectivity index (χ2v) is 4.98. The minimum atomic E-state index is 0.408. The predicted molar refractivity (Wildman–Crippen MR) is 60.6 cm³/mol. The Morgan fingerprint density at radius 2 is 1.92 bits per heavy atom. The molecule has 1 atom stereocenters. The van der Waals surface area contributed by atoms with Gasteiger partial charge in [0.2, 0.25) is 0 Å². The number of halogens is 1. The highest BCUT2D eigenvalue weighted by Gasteiger charge is 2.23. The molecule has 1 aliphatic carbocycles. The molecule has 0 saturated heterocycles. The van der Waals surface area contributed by atoms with Crippen molar-refractivity contribution in [1.29, 1.82) is 0 Å². The standard InChI is InChI=1S/C10H19IO/c1-8(6-11)10-4-2-9(7-12)3-5-10/h8-10,12H,2-7H2,1H3. The zero-order valence-electron chi connectivity index (χ0n) is 7.80. The maximum absolute atomic E-state index is 8.97. The largest absolute Gasteiger partial charge is 0.396 e. The fourth-order valence-corrected chi connectivity index (χ4v) is 2.78. The van der Waals surface area contributed by atoms with Crippen LogP contribution < -0.4 is 0 Å². The third-order valence-electron chi connectivity index (χ3n) is 3.20. The number of aliphatic hydroxyl groups excluding tert-OH is 1. The monoisotopic (exact) mass is 282 g/mol. The molecule has 1 rings (SSSR count). The van der Waals surface area contributed by atoms with Gasteiger partial charge in [-0.25, -0.2) is 0 Å². The lowest BCUT2D eigenvalue weighted by Crippen LogP contribution is -2.22. The summed E-state index contributed by atoms with van der Waals surface area (Å²) >= 11 is 2.48. The van der Waals surface area contributed by atoms with E-state index in [-0.39, 0.29) is 0 Å². The van der Waals surface area contributed by atoms with Gasteiger partial charge in [-0.2, -0.15) is 0 Å². The van der Waals surface area contributed by atoms with Gasteiger partial charge in [-0.15, -0.1) is 0 Å². The Balaban J connectivity index is 2.25. The van der Waals surface area contributed by atoms with Crippen LogP contribution in [0.15, 0.2) is 0 Å². The summed E-state index contributed by atoms with van der Waals surface area (Å²) in [5.74, 6) is 2.43. The Morgan fingerprint density at radius 1 is 1.33 bits per heavy atom. The first-order valence-electron chi connectivity index (χ1n) is 4.94. The van der Waals surface area contributed by atoms with Crippen LogP contribution in [0.25, 0.3) is 0 Å². The molecule has 0 aromatic carbocycles. The molecule has 1 nitrogen and oxygen atoms in total. The van der Waals surface area contributed by atoms with Crippen LogP contribution in [0.1, 0.15) is 32.6 Å². The fraction of sp³-hybridized carbons (Fsp3) is 1.00. The second kappa shape index (κ2) is 5.43. The SMILES string of the molecule is CC(CI)C1CCC(CO)CC1. The van der Waals surface area contributed by atoms with Crippen molar-refractivity contribution >= 4 is 22.6 Å².